The molecule has 0 spiro atoms. The number of halogens is 1. The van der Waals surface area contributed by atoms with Crippen molar-refractivity contribution in [3.8, 4) is 0 Å². The van der Waals surface area contributed by atoms with Gasteiger partial charge in [0.15, 0.2) is 0 Å². The highest BCUT2D eigenvalue weighted by Gasteiger charge is 2.30. The van der Waals surface area contributed by atoms with Crippen LogP contribution in [-0.2, 0) is 23.0 Å². The van der Waals surface area contributed by atoms with Crippen LogP contribution >= 0.6 is 11.6 Å². The molecule has 21 heavy (non-hydrogen) atoms. The van der Waals surface area contributed by atoms with Crippen LogP contribution in [0.4, 0.5) is 0 Å². The fraction of sp³-hybridized carbons (Fsp3) is 0.714. The number of rotatable bonds is 5. The summed E-state index contributed by atoms with van der Waals surface area (Å²) in [4.78, 5) is 2.69. The van der Waals surface area contributed by atoms with Crippen LogP contribution in [0.5, 0.6) is 0 Å². The van der Waals surface area contributed by atoms with Gasteiger partial charge in [-0.15, -0.1) is 11.6 Å². The van der Waals surface area contributed by atoms with Crippen molar-refractivity contribution in [1.82, 2.24) is 13.8 Å². The van der Waals surface area contributed by atoms with Gasteiger partial charge in [-0.25, -0.2) is 8.42 Å². The van der Waals surface area contributed by atoms with Gasteiger partial charge in [0.1, 0.15) is 4.90 Å². The topological polar surface area (TPSA) is 45.6 Å². The Bertz CT molecular complexity index is 577. The summed E-state index contributed by atoms with van der Waals surface area (Å²) in [5.74, 6) is 0.313. The molecule has 1 aliphatic heterocycles. The van der Waals surface area contributed by atoms with Gasteiger partial charge in [0.2, 0.25) is 10.0 Å². The lowest BCUT2D eigenvalue weighted by Gasteiger charge is -2.37. The van der Waals surface area contributed by atoms with E-state index in [-0.39, 0.29) is 0 Å². The van der Waals surface area contributed by atoms with Crippen molar-refractivity contribution >= 4 is 21.6 Å². The minimum Gasteiger partial charge on any atom is -0.352 e. The highest BCUT2D eigenvalue weighted by molar-refractivity contribution is 7.89. The van der Waals surface area contributed by atoms with Gasteiger partial charge >= 0.3 is 0 Å². The van der Waals surface area contributed by atoms with Crippen molar-refractivity contribution in [2.24, 2.45) is 7.05 Å². The van der Waals surface area contributed by atoms with Gasteiger partial charge in [-0.3, -0.25) is 4.90 Å². The van der Waals surface area contributed by atoms with E-state index in [0.29, 0.717) is 29.9 Å². The maximum atomic E-state index is 12.7. The third kappa shape index (κ3) is 3.44. The quantitative estimate of drug-likeness (QED) is 0.773. The number of hydrogen-bond donors (Lipinski definition) is 0. The molecular weight excluding hydrogens is 310 g/mol. The van der Waals surface area contributed by atoms with E-state index in [2.05, 4.69) is 18.7 Å². The van der Waals surface area contributed by atoms with Gasteiger partial charge in [-0.05, 0) is 19.4 Å². The molecule has 0 amide bonds. The molecule has 0 aliphatic carbocycles. The Morgan fingerprint density at radius 2 is 1.90 bits per heavy atom. The first kappa shape index (κ1) is 16.8. The van der Waals surface area contributed by atoms with Crippen molar-refractivity contribution in [2.45, 2.75) is 37.1 Å². The third-order valence-electron chi connectivity index (χ3n) is 4.34. The van der Waals surface area contributed by atoms with Gasteiger partial charge < -0.3 is 4.57 Å². The van der Waals surface area contributed by atoms with Crippen LogP contribution in [0.3, 0.4) is 0 Å². The molecule has 0 aromatic carbocycles. The number of hydrogen-bond acceptors (Lipinski definition) is 3. The minimum atomic E-state index is -3.40. The summed E-state index contributed by atoms with van der Waals surface area (Å²) < 4.78 is 28.7. The number of aromatic nitrogens is 1. The van der Waals surface area contributed by atoms with E-state index in [4.69, 9.17) is 11.6 Å². The first-order chi connectivity index (χ1) is 9.90. The smallest absolute Gasteiger partial charge is 0.244 e. The lowest BCUT2D eigenvalue weighted by molar-refractivity contribution is 0.142. The predicted molar refractivity (Wildman–Crippen MR) is 85.1 cm³/mol. The third-order valence-corrected chi connectivity index (χ3v) is 6.48. The molecule has 120 valence electrons. The van der Waals surface area contributed by atoms with Crippen LogP contribution in [0.2, 0.25) is 0 Å². The first-order valence-electron chi connectivity index (χ1n) is 7.35. The molecule has 0 N–H and O–H groups in total. The van der Waals surface area contributed by atoms with Crippen molar-refractivity contribution < 1.29 is 8.42 Å². The Morgan fingerprint density at radius 3 is 2.38 bits per heavy atom. The van der Waals surface area contributed by atoms with Gasteiger partial charge in [-0.1, -0.05) is 6.92 Å². The van der Waals surface area contributed by atoms with Crippen molar-refractivity contribution in [3.05, 3.63) is 18.0 Å². The lowest BCUT2D eigenvalue weighted by Crippen LogP contribution is -2.51. The van der Waals surface area contributed by atoms with E-state index >= 15 is 0 Å². The lowest BCUT2D eigenvalue weighted by atomic mass is 10.2. The average Bonchev–Trinajstić information content (AvgIpc) is 2.88. The number of sulfonamides is 1. The highest BCUT2D eigenvalue weighted by atomic mass is 35.5. The fourth-order valence-corrected chi connectivity index (χ4v) is 4.43. The summed E-state index contributed by atoms with van der Waals surface area (Å²) in [5, 5.41) is 0. The second-order valence-electron chi connectivity index (χ2n) is 5.61. The fourth-order valence-electron chi connectivity index (χ4n) is 2.64. The molecule has 1 atom stereocenters. The van der Waals surface area contributed by atoms with Crippen molar-refractivity contribution in [1.29, 1.82) is 0 Å². The Labute approximate surface area is 132 Å². The Kier molecular flexibility index (Phi) is 5.35. The van der Waals surface area contributed by atoms with E-state index in [9.17, 15) is 8.42 Å². The van der Waals surface area contributed by atoms with Crippen molar-refractivity contribution in [2.75, 3.05) is 26.2 Å². The summed E-state index contributed by atoms with van der Waals surface area (Å²) in [6.45, 7) is 7.04. The molecule has 7 heteroatoms. The van der Waals surface area contributed by atoms with Crippen molar-refractivity contribution in [3.63, 3.8) is 0 Å². The zero-order chi connectivity index (χ0) is 15.6. The monoisotopic (exact) mass is 333 g/mol. The number of alkyl halides is 1. The second kappa shape index (κ2) is 6.69. The molecule has 1 fully saturated rings. The molecule has 1 aliphatic rings. The van der Waals surface area contributed by atoms with Crippen LogP contribution in [0.1, 0.15) is 26.0 Å². The van der Waals surface area contributed by atoms with E-state index in [0.717, 1.165) is 25.2 Å². The van der Waals surface area contributed by atoms with Crippen LogP contribution in [-0.4, -0.2) is 54.4 Å². The van der Waals surface area contributed by atoms with E-state index < -0.39 is 10.0 Å². The summed E-state index contributed by atoms with van der Waals surface area (Å²) in [5.41, 5.74) is 0.813. The molecule has 1 saturated heterocycles. The van der Waals surface area contributed by atoms with Gasteiger partial charge in [0, 0.05) is 51.2 Å². The zero-order valence-electron chi connectivity index (χ0n) is 12.9. The SMILES string of the molecule is CCC(C)N1CCN(S(=O)(=O)c2cc(CCl)n(C)c2)CC1. The Balaban J connectivity index is 2.11. The van der Waals surface area contributed by atoms with E-state index in [1.54, 1.807) is 21.1 Å². The molecular formula is C14H24ClN3O2S. The van der Waals surface area contributed by atoms with Gasteiger partial charge in [0.25, 0.3) is 0 Å². The summed E-state index contributed by atoms with van der Waals surface area (Å²) in [7, 11) is -1.59. The first-order valence-corrected chi connectivity index (χ1v) is 9.33. The van der Waals surface area contributed by atoms with Crippen LogP contribution in [0.25, 0.3) is 0 Å². The number of piperazine rings is 1. The molecule has 1 aromatic heterocycles. The second-order valence-corrected chi connectivity index (χ2v) is 7.81. The molecule has 2 rings (SSSR count). The average molecular weight is 334 g/mol. The van der Waals surface area contributed by atoms with Crippen LogP contribution < -0.4 is 0 Å². The predicted octanol–water partition coefficient (Wildman–Crippen LogP) is 1.87. The summed E-state index contributed by atoms with van der Waals surface area (Å²) in [6.07, 6.45) is 2.73. The molecule has 0 bridgehead atoms. The maximum Gasteiger partial charge on any atom is 0.244 e. The van der Waals surface area contributed by atoms with Crippen LogP contribution in [0.15, 0.2) is 17.2 Å². The van der Waals surface area contributed by atoms with Crippen LogP contribution in [0, 0.1) is 0 Å². The number of aryl methyl sites for hydroxylation is 1. The largest absolute Gasteiger partial charge is 0.352 e. The number of nitrogens with zero attached hydrogens (tertiary/aromatic N) is 3. The van der Waals surface area contributed by atoms with Gasteiger partial charge in [-0.2, -0.15) is 4.31 Å². The minimum absolute atomic E-state index is 0.313. The maximum absolute atomic E-state index is 12.7. The zero-order valence-corrected chi connectivity index (χ0v) is 14.5. The molecule has 0 radical (unpaired) electrons. The summed E-state index contributed by atoms with van der Waals surface area (Å²) in [6, 6.07) is 2.18. The Morgan fingerprint density at radius 1 is 1.29 bits per heavy atom. The molecule has 1 unspecified atom stereocenters. The molecule has 5 nitrogen and oxygen atoms in total. The highest BCUT2D eigenvalue weighted by Crippen LogP contribution is 2.21. The van der Waals surface area contributed by atoms with E-state index in [1.165, 1.54) is 0 Å². The van der Waals surface area contributed by atoms with Gasteiger partial charge in [0.05, 0.1) is 5.88 Å². The normalized spacial score (nSPS) is 19.8. The molecule has 2 heterocycles. The summed E-state index contributed by atoms with van der Waals surface area (Å²) >= 11 is 5.82. The Hall–Kier alpha value is -0.560. The molecule has 0 saturated carbocycles. The molecule has 1 aromatic rings. The van der Waals surface area contributed by atoms with E-state index in [1.807, 2.05) is 7.05 Å². The standard InChI is InChI=1S/C14H24ClN3O2S/c1-4-12(2)17-5-7-18(8-6-17)21(19,20)14-9-13(10-15)16(3)11-14/h9,11-12H,4-8,10H2,1-3H3.